The minimum atomic E-state index is -0.273. The third kappa shape index (κ3) is 2.10. The Kier molecular flexibility index (Phi) is 2.78. The Labute approximate surface area is 98.2 Å². The van der Waals surface area contributed by atoms with E-state index in [0.29, 0.717) is 5.69 Å². The van der Waals surface area contributed by atoms with E-state index in [1.807, 2.05) is 6.07 Å². The zero-order valence-electron chi connectivity index (χ0n) is 9.43. The number of amides is 1. The lowest BCUT2D eigenvalue weighted by molar-refractivity contribution is -0.111. The number of carbonyl (C=O) groups is 1. The molecule has 0 fully saturated rings. The Hall–Kier alpha value is -2.36. The number of nitrogens with zero attached hydrogens (tertiary/aromatic N) is 1. The van der Waals surface area contributed by atoms with Crippen LogP contribution in [0.5, 0.6) is 0 Å². The molecule has 0 unspecified atom stereocenters. The van der Waals surface area contributed by atoms with Crippen LogP contribution in [0.2, 0.25) is 0 Å². The first kappa shape index (κ1) is 11.1. The number of hydrogen-bond acceptors (Lipinski definition) is 2. The predicted molar refractivity (Wildman–Crippen MR) is 68.0 cm³/mol. The highest BCUT2D eigenvalue weighted by molar-refractivity contribution is 6.00. The fraction of sp³-hybridized carbons (Fsp3) is 0.0769. The lowest BCUT2D eigenvalue weighted by atomic mass is 10.2. The molecule has 2 aromatic rings. The van der Waals surface area contributed by atoms with Gasteiger partial charge in [0, 0.05) is 18.8 Å². The quantitative estimate of drug-likeness (QED) is 0.795. The second-order valence-corrected chi connectivity index (χ2v) is 3.70. The molecule has 2 rings (SSSR count). The van der Waals surface area contributed by atoms with Gasteiger partial charge in [0.15, 0.2) is 0 Å². The average Bonchev–Trinajstić information content (AvgIpc) is 2.34. The smallest absolute Gasteiger partial charge is 0.250 e. The topological polar surface area (TPSA) is 51.1 Å². The van der Waals surface area contributed by atoms with Crippen LogP contribution in [-0.4, -0.2) is 10.5 Å². The van der Waals surface area contributed by atoms with Crippen LogP contribution in [-0.2, 0) is 11.8 Å². The standard InChI is InChI=1S/C13H12N2O2/c1-3-12(16)14-10-6-4-9-5-7-13(17)15(2)11(9)8-10/h3-8H,1H2,2H3,(H,14,16). The molecule has 0 aliphatic heterocycles. The molecule has 4 heteroatoms. The number of rotatable bonds is 2. The van der Waals surface area contributed by atoms with Crippen molar-refractivity contribution in [1.29, 1.82) is 0 Å². The van der Waals surface area contributed by atoms with Gasteiger partial charge in [-0.1, -0.05) is 12.6 Å². The molecular formula is C13H12N2O2. The highest BCUT2D eigenvalue weighted by Crippen LogP contribution is 2.17. The molecule has 4 nitrogen and oxygen atoms in total. The van der Waals surface area contributed by atoms with Crippen molar-refractivity contribution in [3.05, 3.63) is 53.3 Å². The van der Waals surface area contributed by atoms with Crippen molar-refractivity contribution in [3.63, 3.8) is 0 Å². The molecule has 0 aliphatic rings. The number of hydrogen-bond donors (Lipinski definition) is 1. The lowest BCUT2D eigenvalue weighted by Crippen LogP contribution is -2.15. The lowest BCUT2D eigenvalue weighted by Gasteiger charge is -2.07. The molecule has 0 radical (unpaired) electrons. The Morgan fingerprint density at radius 3 is 2.76 bits per heavy atom. The Morgan fingerprint density at radius 2 is 2.06 bits per heavy atom. The molecule has 86 valence electrons. The van der Waals surface area contributed by atoms with E-state index in [2.05, 4.69) is 11.9 Å². The molecule has 1 heterocycles. The highest BCUT2D eigenvalue weighted by atomic mass is 16.1. The SMILES string of the molecule is C=CC(=O)Nc1ccc2ccc(=O)n(C)c2c1. The van der Waals surface area contributed by atoms with Gasteiger partial charge in [-0.2, -0.15) is 0 Å². The van der Waals surface area contributed by atoms with E-state index in [1.165, 1.54) is 12.1 Å². The second kappa shape index (κ2) is 4.25. The van der Waals surface area contributed by atoms with Gasteiger partial charge in [0.2, 0.25) is 5.91 Å². The summed E-state index contributed by atoms with van der Waals surface area (Å²) in [4.78, 5) is 22.7. The van der Waals surface area contributed by atoms with E-state index in [9.17, 15) is 9.59 Å². The summed E-state index contributed by atoms with van der Waals surface area (Å²) in [5.41, 5.74) is 1.34. The summed E-state index contributed by atoms with van der Waals surface area (Å²) in [5.74, 6) is -0.273. The number of carbonyl (C=O) groups excluding carboxylic acids is 1. The zero-order chi connectivity index (χ0) is 12.4. The molecule has 0 saturated carbocycles. The molecule has 1 amide bonds. The first-order chi connectivity index (χ1) is 8.11. The molecule has 0 bridgehead atoms. The van der Waals surface area contributed by atoms with E-state index in [1.54, 1.807) is 29.8 Å². The Balaban J connectivity index is 2.56. The van der Waals surface area contributed by atoms with Crippen LogP contribution in [0.4, 0.5) is 5.69 Å². The van der Waals surface area contributed by atoms with E-state index in [-0.39, 0.29) is 11.5 Å². The van der Waals surface area contributed by atoms with Gasteiger partial charge in [-0.05, 0) is 29.7 Å². The van der Waals surface area contributed by atoms with Crippen LogP contribution in [0.3, 0.4) is 0 Å². The summed E-state index contributed by atoms with van der Waals surface area (Å²) in [6, 6.07) is 8.68. The first-order valence-electron chi connectivity index (χ1n) is 5.15. The molecule has 17 heavy (non-hydrogen) atoms. The summed E-state index contributed by atoms with van der Waals surface area (Å²) in [7, 11) is 1.70. The number of aryl methyl sites for hydroxylation is 1. The van der Waals surface area contributed by atoms with Gasteiger partial charge >= 0.3 is 0 Å². The molecule has 1 N–H and O–H groups in total. The summed E-state index contributed by atoms with van der Waals surface area (Å²) in [6.07, 6.45) is 1.20. The fourth-order valence-corrected chi connectivity index (χ4v) is 1.64. The summed E-state index contributed by atoms with van der Waals surface area (Å²) in [5, 5.41) is 3.61. The van der Waals surface area contributed by atoms with Crippen molar-refractivity contribution >= 4 is 22.5 Å². The largest absolute Gasteiger partial charge is 0.322 e. The van der Waals surface area contributed by atoms with E-state index >= 15 is 0 Å². The molecule has 0 spiro atoms. The number of anilines is 1. The first-order valence-corrected chi connectivity index (χ1v) is 5.15. The monoisotopic (exact) mass is 228 g/mol. The van der Waals surface area contributed by atoms with Gasteiger partial charge in [-0.15, -0.1) is 0 Å². The molecular weight excluding hydrogens is 216 g/mol. The van der Waals surface area contributed by atoms with E-state index in [4.69, 9.17) is 0 Å². The van der Waals surface area contributed by atoms with Crippen molar-refractivity contribution in [2.45, 2.75) is 0 Å². The maximum Gasteiger partial charge on any atom is 0.250 e. The third-order valence-electron chi connectivity index (χ3n) is 2.58. The van der Waals surface area contributed by atoms with Crippen LogP contribution in [0, 0.1) is 0 Å². The van der Waals surface area contributed by atoms with Gasteiger partial charge in [-0.25, -0.2) is 0 Å². The molecule has 0 saturated heterocycles. The Morgan fingerprint density at radius 1 is 1.35 bits per heavy atom. The van der Waals surface area contributed by atoms with Crippen LogP contribution in [0.1, 0.15) is 0 Å². The molecule has 0 aliphatic carbocycles. The summed E-state index contributed by atoms with van der Waals surface area (Å²) < 4.78 is 1.54. The van der Waals surface area contributed by atoms with E-state index in [0.717, 1.165) is 10.9 Å². The number of pyridine rings is 1. The highest BCUT2D eigenvalue weighted by Gasteiger charge is 2.02. The molecule has 1 aromatic heterocycles. The summed E-state index contributed by atoms with van der Waals surface area (Å²) >= 11 is 0. The van der Waals surface area contributed by atoms with Gasteiger partial charge in [-0.3, -0.25) is 9.59 Å². The number of nitrogens with one attached hydrogen (secondary N) is 1. The minimum absolute atomic E-state index is 0.0790. The predicted octanol–water partition coefficient (Wildman–Crippen LogP) is 1.66. The molecule has 0 atom stereocenters. The van der Waals surface area contributed by atoms with Gasteiger partial charge in [0.1, 0.15) is 0 Å². The van der Waals surface area contributed by atoms with Crippen molar-refractivity contribution < 1.29 is 4.79 Å². The maximum atomic E-state index is 11.5. The van der Waals surface area contributed by atoms with Gasteiger partial charge in [0.25, 0.3) is 5.56 Å². The van der Waals surface area contributed by atoms with Gasteiger partial charge < -0.3 is 9.88 Å². The maximum absolute atomic E-state index is 11.5. The van der Waals surface area contributed by atoms with Crippen molar-refractivity contribution in [2.75, 3.05) is 5.32 Å². The number of fused-ring (bicyclic) bond motifs is 1. The number of benzene rings is 1. The fourth-order valence-electron chi connectivity index (χ4n) is 1.64. The third-order valence-corrected chi connectivity index (χ3v) is 2.58. The normalized spacial score (nSPS) is 10.2. The zero-order valence-corrected chi connectivity index (χ0v) is 9.43. The van der Waals surface area contributed by atoms with Crippen molar-refractivity contribution in [1.82, 2.24) is 4.57 Å². The van der Waals surface area contributed by atoms with Crippen LogP contribution >= 0.6 is 0 Å². The second-order valence-electron chi connectivity index (χ2n) is 3.70. The summed E-state index contributed by atoms with van der Waals surface area (Å²) in [6.45, 7) is 3.38. The Bertz CT molecular complexity index is 656. The average molecular weight is 228 g/mol. The van der Waals surface area contributed by atoms with Crippen molar-refractivity contribution in [2.24, 2.45) is 7.05 Å². The number of aromatic nitrogens is 1. The minimum Gasteiger partial charge on any atom is -0.322 e. The van der Waals surface area contributed by atoms with E-state index < -0.39 is 0 Å². The van der Waals surface area contributed by atoms with Crippen molar-refractivity contribution in [3.8, 4) is 0 Å². The van der Waals surface area contributed by atoms with Crippen LogP contribution < -0.4 is 10.9 Å². The van der Waals surface area contributed by atoms with Crippen LogP contribution in [0.25, 0.3) is 10.9 Å². The van der Waals surface area contributed by atoms with Gasteiger partial charge in [0.05, 0.1) is 5.52 Å². The molecule has 1 aromatic carbocycles. The van der Waals surface area contributed by atoms with Crippen LogP contribution in [0.15, 0.2) is 47.8 Å².